The molecule has 5 rings (SSSR count). The van der Waals surface area contributed by atoms with Crippen molar-refractivity contribution in [3.05, 3.63) is 23.3 Å². The Morgan fingerprint density at radius 1 is 1.16 bits per heavy atom. The molecule has 0 amide bonds. The number of carbonyl (C=O) groups is 3. The van der Waals surface area contributed by atoms with Crippen molar-refractivity contribution in [2.75, 3.05) is 0 Å². The fourth-order valence-electron chi connectivity index (χ4n) is 8.45. The predicted molar refractivity (Wildman–Crippen MR) is 117 cm³/mol. The standard InChI is InChI=1S/C26H35NO4/c1-15-5-6-18(29)13-17-14-20(16(2)28)24(4)19(22(15)17)7-9-23(3)25(10-8-21(30)31-25)11-12-26(23,24)27/h7,13,15,20,22H,5-6,8-12,14,27H2,1-4H3/t15?,20-,22?,23?,24?,25?,26-/m0/s1. The van der Waals surface area contributed by atoms with Crippen molar-refractivity contribution in [3.63, 3.8) is 0 Å². The first-order valence-corrected chi connectivity index (χ1v) is 11.9. The minimum Gasteiger partial charge on any atom is -0.458 e. The zero-order chi connectivity index (χ0) is 22.4. The van der Waals surface area contributed by atoms with Gasteiger partial charge in [-0.1, -0.05) is 38.0 Å². The lowest BCUT2D eigenvalue weighted by molar-refractivity contribution is -0.166. The molecule has 5 heteroatoms. The van der Waals surface area contributed by atoms with Crippen LogP contribution >= 0.6 is 0 Å². The van der Waals surface area contributed by atoms with Crippen LogP contribution in [0.1, 0.15) is 79.1 Å². The fourth-order valence-corrected chi connectivity index (χ4v) is 8.45. The topological polar surface area (TPSA) is 86.5 Å². The molecule has 3 fully saturated rings. The molecule has 5 nitrogen and oxygen atoms in total. The predicted octanol–water partition coefficient (Wildman–Crippen LogP) is 4.05. The maximum atomic E-state index is 13.1. The summed E-state index contributed by atoms with van der Waals surface area (Å²) < 4.78 is 6.04. The molecule has 7 atom stereocenters. The number of ether oxygens (including phenoxy) is 1. The van der Waals surface area contributed by atoms with Crippen LogP contribution in [0.3, 0.4) is 0 Å². The fraction of sp³-hybridized carbons (Fsp3) is 0.731. The number of fused-ring (bicyclic) bond motifs is 6. The lowest BCUT2D eigenvalue weighted by Gasteiger charge is -2.64. The first-order valence-electron chi connectivity index (χ1n) is 11.9. The second-order valence-electron chi connectivity index (χ2n) is 11.4. The maximum absolute atomic E-state index is 13.1. The van der Waals surface area contributed by atoms with Gasteiger partial charge in [-0.05, 0) is 57.4 Å². The number of hydrogen-bond donors (Lipinski definition) is 1. The van der Waals surface area contributed by atoms with Crippen molar-refractivity contribution in [2.24, 2.45) is 34.3 Å². The molecule has 31 heavy (non-hydrogen) atoms. The van der Waals surface area contributed by atoms with Crippen LogP contribution in [-0.4, -0.2) is 28.7 Å². The molecule has 0 aromatic rings. The molecule has 0 aromatic heterocycles. The van der Waals surface area contributed by atoms with E-state index in [0.29, 0.717) is 31.6 Å². The zero-order valence-corrected chi connectivity index (χ0v) is 19.3. The van der Waals surface area contributed by atoms with Gasteiger partial charge in [0, 0.05) is 41.0 Å². The van der Waals surface area contributed by atoms with E-state index in [1.807, 2.05) is 6.08 Å². The molecule has 1 spiro atoms. The van der Waals surface area contributed by atoms with E-state index in [-0.39, 0.29) is 29.4 Å². The summed E-state index contributed by atoms with van der Waals surface area (Å²) >= 11 is 0. The van der Waals surface area contributed by atoms with Crippen molar-refractivity contribution in [3.8, 4) is 0 Å². The van der Waals surface area contributed by atoms with Gasteiger partial charge in [-0.25, -0.2) is 0 Å². The first-order chi connectivity index (χ1) is 14.5. The maximum Gasteiger partial charge on any atom is 0.306 e. The summed E-state index contributed by atoms with van der Waals surface area (Å²) in [5.41, 5.74) is 7.74. The second kappa shape index (κ2) is 6.40. The number of rotatable bonds is 1. The molecule has 0 radical (unpaired) electrons. The van der Waals surface area contributed by atoms with Crippen molar-refractivity contribution in [2.45, 2.75) is 90.2 Å². The first kappa shape index (κ1) is 21.1. The average molecular weight is 426 g/mol. The highest BCUT2D eigenvalue weighted by Crippen LogP contribution is 2.72. The summed E-state index contributed by atoms with van der Waals surface area (Å²) in [6, 6.07) is 0. The van der Waals surface area contributed by atoms with E-state index in [2.05, 4.69) is 26.8 Å². The van der Waals surface area contributed by atoms with Crippen LogP contribution in [0.4, 0.5) is 0 Å². The van der Waals surface area contributed by atoms with Crippen LogP contribution in [0.15, 0.2) is 23.3 Å². The Bertz CT molecular complexity index is 949. The smallest absolute Gasteiger partial charge is 0.306 e. The third-order valence-electron chi connectivity index (χ3n) is 10.3. The number of allylic oxidation sites excluding steroid dienone is 3. The van der Waals surface area contributed by atoms with E-state index < -0.39 is 22.0 Å². The number of nitrogens with two attached hydrogens (primary N) is 1. The highest BCUT2D eigenvalue weighted by atomic mass is 16.6. The van der Waals surface area contributed by atoms with Crippen LogP contribution in [0.5, 0.6) is 0 Å². The van der Waals surface area contributed by atoms with E-state index in [0.717, 1.165) is 31.3 Å². The number of esters is 1. The van der Waals surface area contributed by atoms with Crippen molar-refractivity contribution in [1.82, 2.24) is 0 Å². The normalized spacial score (nSPS) is 48.9. The van der Waals surface area contributed by atoms with Gasteiger partial charge in [0.25, 0.3) is 0 Å². The Kier molecular flexibility index (Phi) is 4.36. The highest BCUT2D eigenvalue weighted by molar-refractivity contribution is 5.91. The Balaban J connectivity index is 1.72. The Hall–Kier alpha value is -1.75. The summed E-state index contributed by atoms with van der Waals surface area (Å²) in [5.74, 6) is 0.422. The van der Waals surface area contributed by atoms with Crippen LogP contribution in [-0.2, 0) is 19.1 Å². The zero-order valence-electron chi connectivity index (χ0n) is 19.3. The van der Waals surface area contributed by atoms with Crippen LogP contribution < -0.4 is 5.73 Å². The molecule has 0 aromatic carbocycles. The SMILES string of the molecule is CC(=O)[C@@H]1CC2=CC(=O)CCC(C)C2C2=CCC3(C)C4(CCC(=O)O4)CC[C@@]3(N)C21C. The molecule has 5 aliphatic rings. The van der Waals surface area contributed by atoms with Crippen LogP contribution in [0, 0.1) is 28.6 Å². The van der Waals surface area contributed by atoms with Crippen molar-refractivity contribution < 1.29 is 19.1 Å². The minimum absolute atomic E-state index is 0.127. The van der Waals surface area contributed by atoms with E-state index in [1.165, 1.54) is 5.57 Å². The molecular formula is C26H35NO4. The Morgan fingerprint density at radius 3 is 2.55 bits per heavy atom. The van der Waals surface area contributed by atoms with Crippen LogP contribution in [0.2, 0.25) is 0 Å². The molecule has 168 valence electrons. The second-order valence-corrected chi connectivity index (χ2v) is 11.4. The summed E-state index contributed by atoms with van der Waals surface area (Å²) in [6.45, 7) is 8.30. The van der Waals surface area contributed by atoms with E-state index >= 15 is 0 Å². The molecule has 2 saturated carbocycles. The highest BCUT2D eigenvalue weighted by Gasteiger charge is 2.75. The van der Waals surface area contributed by atoms with E-state index in [9.17, 15) is 14.4 Å². The third-order valence-corrected chi connectivity index (χ3v) is 10.3. The Labute approximate surface area is 184 Å². The quantitative estimate of drug-likeness (QED) is 0.506. The molecule has 5 unspecified atom stereocenters. The van der Waals surface area contributed by atoms with Gasteiger partial charge < -0.3 is 10.5 Å². The van der Waals surface area contributed by atoms with Crippen molar-refractivity contribution >= 4 is 17.5 Å². The molecule has 1 saturated heterocycles. The van der Waals surface area contributed by atoms with Gasteiger partial charge in [-0.2, -0.15) is 0 Å². The monoisotopic (exact) mass is 425 g/mol. The minimum atomic E-state index is -0.646. The van der Waals surface area contributed by atoms with Crippen molar-refractivity contribution in [1.29, 1.82) is 0 Å². The average Bonchev–Trinajstić information content (AvgIpc) is 3.14. The molecule has 4 aliphatic carbocycles. The largest absolute Gasteiger partial charge is 0.458 e. The molecular weight excluding hydrogens is 390 g/mol. The summed E-state index contributed by atoms with van der Waals surface area (Å²) in [7, 11) is 0. The third kappa shape index (κ3) is 2.39. The summed E-state index contributed by atoms with van der Waals surface area (Å²) in [6.07, 6.45) is 9.60. The van der Waals surface area contributed by atoms with E-state index in [4.69, 9.17) is 10.5 Å². The van der Waals surface area contributed by atoms with Gasteiger partial charge in [0.05, 0.1) is 0 Å². The lowest BCUT2D eigenvalue weighted by Crippen LogP contribution is -2.71. The summed E-state index contributed by atoms with van der Waals surface area (Å²) in [4.78, 5) is 37.7. The van der Waals surface area contributed by atoms with Gasteiger partial charge in [-0.3, -0.25) is 14.4 Å². The number of Topliss-reactive ketones (excluding diaryl/α,β-unsaturated/α-hetero) is 1. The molecule has 0 bridgehead atoms. The number of hydrogen-bond acceptors (Lipinski definition) is 5. The van der Waals surface area contributed by atoms with Gasteiger partial charge in [0.15, 0.2) is 5.78 Å². The molecule has 1 heterocycles. The van der Waals surface area contributed by atoms with Gasteiger partial charge >= 0.3 is 5.97 Å². The van der Waals surface area contributed by atoms with Gasteiger partial charge in [-0.15, -0.1) is 0 Å². The summed E-state index contributed by atoms with van der Waals surface area (Å²) in [5, 5.41) is 0. The molecule has 2 N–H and O–H groups in total. The number of ketones is 2. The number of carbonyl (C=O) groups excluding carboxylic acids is 3. The van der Waals surface area contributed by atoms with Crippen LogP contribution in [0.25, 0.3) is 0 Å². The van der Waals surface area contributed by atoms with Gasteiger partial charge in [0.1, 0.15) is 11.4 Å². The Morgan fingerprint density at radius 2 is 1.90 bits per heavy atom. The lowest BCUT2D eigenvalue weighted by atomic mass is 9.41. The van der Waals surface area contributed by atoms with E-state index in [1.54, 1.807) is 6.92 Å². The molecule has 1 aliphatic heterocycles. The van der Waals surface area contributed by atoms with Gasteiger partial charge in [0.2, 0.25) is 0 Å².